The lowest BCUT2D eigenvalue weighted by atomic mass is 10.2. The van der Waals surface area contributed by atoms with E-state index in [2.05, 4.69) is 15.2 Å². The third-order valence-electron chi connectivity index (χ3n) is 3.63. The molecule has 0 saturated heterocycles. The molecule has 0 saturated carbocycles. The molecular weight excluding hydrogens is 384 g/mol. The minimum Gasteiger partial charge on any atom is -0.411 e. The molecule has 27 heavy (non-hydrogen) atoms. The number of hydrogen-bond acceptors (Lipinski definition) is 8. The number of hydrogen-bond donors (Lipinski definition) is 0. The Morgan fingerprint density at radius 2 is 1.89 bits per heavy atom. The lowest BCUT2D eigenvalue weighted by Gasteiger charge is -1.95. The highest BCUT2D eigenvalue weighted by molar-refractivity contribution is 7.98. The van der Waals surface area contributed by atoms with Crippen LogP contribution in [-0.4, -0.2) is 20.1 Å². The predicted octanol–water partition coefficient (Wildman–Crippen LogP) is 5.06. The van der Waals surface area contributed by atoms with E-state index in [0.717, 1.165) is 16.3 Å². The van der Waals surface area contributed by atoms with Crippen molar-refractivity contribution >= 4 is 28.8 Å². The molecule has 9 heteroatoms. The van der Waals surface area contributed by atoms with Gasteiger partial charge < -0.3 is 4.42 Å². The van der Waals surface area contributed by atoms with Crippen LogP contribution in [0.2, 0.25) is 0 Å². The topological polar surface area (TPSA) is 95.0 Å². The van der Waals surface area contributed by atoms with Gasteiger partial charge in [0.25, 0.3) is 10.9 Å². The Morgan fingerprint density at radius 1 is 1.07 bits per heavy atom. The number of benzene rings is 2. The third-order valence-corrected chi connectivity index (χ3v) is 5.42. The number of non-ortho nitro benzene ring substituents is 1. The number of nitro groups is 1. The van der Waals surface area contributed by atoms with Gasteiger partial charge in [-0.15, -0.1) is 21.5 Å². The Hall–Kier alpha value is -3.04. The lowest BCUT2D eigenvalue weighted by Crippen LogP contribution is -1.88. The molecule has 2 aromatic carbocycles. The molecule has 4 aromatic rings. The summed E-state index contributed by atoms with van der Waals surface area (Å²) in [5.41, 5.74) is 2.52. The van der Waals surface area contributed by atoms with E-state index < -0.39 is 4.92 Å². The molecule has 2 heterocycles. The summed E-state index contributed by atoms with van der Waals surface area (Å²) in [5.74, 6) is 0.851. The van der Waals surface area contributed by atoms with Crippen LogP contribution in [0.3, 0.4) is 0 Å². The summed E-state index contributed by atoms with van der Waals surface area (Å²) >= 11 is 2.97. The molecule has 0 radical (unpaired) electrons. The molecule has 0 fully saturated rings. The Kier molecular flexibility index (Phi) is 4.95. The van der Waals surface area contributed by atoms with Crippen molar-refractivity contribution in [1.29, 1.82) is 0 Å². The van der Waals surface area contributed by atoms with E-state index in [-0.39, 0.29) is 11.6 Å². The fraction of sp³-hybridized carbons (Fsp3) is 0.0556. The van der Waals surface area contributed by atoms with Crippen LogP contribution in [0.1, 0.15) is 5.69 Å². The second-order valence-electron chi connectivity index (χ2n) is 5.48. The molecule has 4 rings (SSSR count). The highest BCUT2D eigenvalue weighted by Crippen LogP contribution is 2.29. The normalized spacial score (nSPS) is 10.8. The average Bonchev–Trinajstić information content (AvgIpc) is 3.37. The number of nitro benzene ring substituents is 1. The van der Waals surface area contributed by atoms with Gasteiger partial charge in [-0.3, -0.25) is 10.1 Å². The first kappa shape index (κ1) is 17.4. The molecule has 7 nitrogen and oxygen atoms in total. The minimum atomic E-state index is -0.456. The van der Waals surface area contributed by atoms with Crippen LogP contribution in [0, 0.1) is 10.1 Å². The first-order valence-electron chi connectivity index (χ1n) is 7.90. The zero-order chi connectivity index (χ0) is 18.6. The summed E-state index contributed by atoms with van der Waals surface area (Å²) in [6.07, 6.45) is 0. The van der Waals surface area contributed by atoms with Crippen molar-refractivity contribution in [3.8, 4) is 22.0 Å². The summed E-state index contributed by atoms with van der Waals surface area (Å²) in [4.78, 5) is 15.1. The molecule has 0 aliphatic heterocycles. The van der Waals surface area contributed by atoms with Crippen molar-refractivity contribution in [2.24, 2.45) is 0 Å². The number of rotatable bonds is 6. The molecule has 0 amide bonds. The summed E-state index contributed by atoms with van der Waals surface area (Å²) < 4.78 is 5.61. The van der Waals surface area contributed by atoms with E-state index in [1.54, 1.807) is 23.5 Å². The fourth-order valence-corrected chi connectivity index (χ4v) is 3.95. The van der Waals surface area contributed by atoms with Gasteiger partial charge in [0.1, 0.15) is 5.01 Å². The summed E-state index contributed by atoms with van der Waals surface area (Å²) in [6, 6.07) is 16.1. The largest absolute Gasteiger partial charge is 0.411 e. The number of thioether (sulfide) groups is 1. The van der Waals surface area contributed by atoms with Crippen LogP contribution >= 0.6 is 23.1 Å². The van der Waals surface area contributed by atoms with Gasteiger partial charge in [-0.2, -0.15) is 0 Å². The van der Waals surface area contributed by atoms with E-state index in [1.807, 2.05) is 35.7 Å². The van der Waals surface area contributed by atoms with E-state index in [0.29, 0.717) is 16.5 Å². The van der Waals surface area contributed by atoms with Gasteiger partial charge in [0, 0.05) is 34.4 Å². The first-order valence-corrected chi connectivity index (χ1v) is 9.76. The van der Waals surface area contributed by atoms with Gasteiger partial charge >= 0.3 is 0 Å². The van der Waals surface area contributed by atoms with Gasteiger partial charge in [0.05, 0.1) is 10.6 Å². The molecule has 0 bridgehead atoms. The Morgan fingerprint density at radius 3 is 2.70 bits per heavy atom. The summed E-state index contributed by atoms with van der Waals surface area (Å²) in [7, 11) is 0. The maximum absolute atomic E-state index is 10.9. The van der Waals surface area contributed by atoms with Gasteiger partial charge in [-0.05, 0) is 6.07 Å². The number of aromatic nitrogens is 3. The maximum Gasteiger partial charge on any atom is 0.277 e. The number of thiazole rings is 1. The van der Waals surface area contributed by atoms with Crippen molar-refractivity contribution < 1.29 is 9.34 Å². The highest BCUT2D eigenvalue weighted by atomic mass is 32.2. The molecule has 0 unspecified atom stereocenters. The first-order chi connectivity index (χ1) is 13.2. The molecule has 0 N–H and O–H groups in total. The Balaban J connectivity index is 1.44. The van der Waals surface area contributed by atoms with E-state index in [4.69, 9.17) is 4.42 Å². The summed E-state index contributed by atoms with van der Waals surface area (Å²) in [5, 5.41) is 22.2. The van der Waals surface area contributed by atoms with Crippen molar-refractivity contribution in [3.63, 3.8) is 0 Å². The van der Waals surface area contributed by atoms with Gasteiger partial charge in [0.15, 0.2) is 0 Å². The van der Waals surface area contributed by atoms with E-state index in [1.165, 1.54) is 23.9 Å². The molecule has 0 atom stereocenters. The average molecular weight is 396 g/mol. The van der Waals surface area contributed by atoms with E-state index >= 15 is 0 Å². The standard InChI is InChI=1S/C18H12N4O3S2/c23-22(24)15-8-4-7-13(9-15)16-20-21-18(25-16)27-11-14-10-26-17(19-14)12-5-2-1-3-6-12/h1-10H,11H2. The SMILES string of the molecule is O=[N+]([O-])c1cccc(-c2nnc(SCc3csc(-c4ccccc4)n3)o2)c1. The molecule has 134 valence electrons. The van der Waals surface area contributed by atoms with E-state index in [9.17, 15) is 10.1 Å². The zero-order valence-electron chi connectivity index (χ0n) is 13.8. The van der Waals surface area contributed by atoms with Crippen LogP contribution < -0.4 is 0 Å². The molecule has 2 aromatic heterocycles. The zero-order valence-corrected chi connectivity index (χ0v) is 15.4. The number of nitrogens with zero attached hydrogens (tertiary/aromatic N) is 4. The Bertz CT molecular complexity index is 1080. The lowest BCUT2D eigenvalue weighted by molar-refractivity contribution is -0.384. The quantitative estimate of drug-likeness (QED) is 0.255. The predicted molar refractivity (Wildman–Crippen MR) is 103 cm³/mol. The fourth-order valence-electron chi connectivity index (χ4n) is 2.36. The molecular formula is C18H12N4O3S2. The van der Waals surface area contributed by atoms with Crippen molar-refractivity contribution in [2.45, 2.75) is 11.0 Å². The van der Waals surface area contributed by atoms with Crippen LogP contribution in [0.4, 0.5) is 5.69 Å². The Labute approximate surface area is 162 Å². The highest BCUT2D eigenvalue weighted by Gasteiger charge is 2.14. The van der Waals surface area contributed by atoms with Crippen molar-refractivity contribution in [3.05, 3.63) is 75.8 Å². The second kappa shape index (κ2) is 7.68. The minimum absolute atomic E-state index is 0.0178. The second-order valence-corrected chi connectivity index (χ2v) is 7.26. The van der Waals surface area contributed by atoms with Crippen LogP contribution in [0.5, 0.6) is 0 Å². The van der Waals surface area contributed by atoms with Crippen LogP contribution in [-0.2, 0) is 5.75 Å². The van der Waals surface area contributed by atoms with Gasteiger partial charge in [0.2, 0.25) is 5.89 Å². The smallest absolute Gasteiger partial charge is 0.277 e. The maximum atomic E-state index is 10.9. The van der Waals surface area contributed by atoms with Crippen LogP contribution in [0.25, 0.3) is 22.0 Å². The molecule has 0 aliphatic carbocycles. The monoisotopic (exact) mass is 396 g/mol. The van der Waals surface area contributed by atoms with Gasteiger partial charge in [-0.1, -0.05) is 48.2 Å². The summed E-state index contributed by atoms with van der Waals surface area (Å²) in [6.45, 7) is 0. The van der Waals surface area contributed by atoms with Crippen molar-refractivity contribution in [1.82, 2.24) is 15.2 Å². The molecule has 0 spiro atoms. The van der Waals surface area contributed by atoms with Gasteiger partial charge in [-0.25, -0.2) is 4.98 Å². The van der Waals surface area contributed by atoms with Crippen LogP contribution in [0.15, 0.2) is 69.6 Å². The molecule has 0 aliphatic rings. The van der Waals surface area contributed by atoms with Crippen molar-refractivity contribution in [2.75, 3.05) is 0 Å². The third kappa shape index (κ3) is 4.04.